The van der Waals surface area contributed by atoms with Crippen molar-refractivity contribution in [1.29, 1.82) is 0 Å². The Morgan fingerprint density at radius 2 is 1.67 bits per heavy atom. The van der Waals surface area contributed by atoms with Gasteiger partial charge in [-0.2, -0.15) is 8.78 Å². The van der Waals surface area contributed by atoms with Crippen LogP contribution in [0, 0.1) is 11.6 Å². The number of carbonyl (C=O) groups is 1. The molecular weight excluding hydrogens is 388 g/mol. The van der Waals surface area contributed by atoms with Gasteiger partial charge in [-0.05, 0) is 36.2 Å². The van der Waals surface area contributed by atoms with Crippen LogP contribution in [-0.2, 0) is 23.0 Å². The van der Waals surface area contributed by atoms with E-state index >= 15 is 0 Å². The lowest BCUT2D eigenvalue weighted by molar-refractivity contribution is 0.0719. The number of fused-ring (bicyclic) bond motifs is 1. The maximum Gasteiger partial charge on any atom is 0.355 e. The van der Waals surface area contributed by atoms with Gasteiger partial charge in [0.15, 0.2) is 0 Å². The van der Waals surface area contributed by atoms with E-state index in [-0.39, 0.29) is 36.3 Å². The van der Waals surface area contributed by atoms with Crippen LogP contribution in [0.2, 0.25) is 0 Å². The zero-order valence-electron chi connectivity index (χ0n) is 13.8. The molecule has 0 atom stereocenters. The van der Waals surface area contributed by atoms with Gasteiger partial charge in [-0.25, -0.2) is 17.2 Å². The van der Waals surface area contributed by atoms with Crippen molar-refractivity contribution in [2.24, 2.45) is 0 Å². The van der Waals surface area contributed by atoms with Crippen molar-refractivity contribution in [3.8, 4) is 0 Å². The van der Waals surface area contributed by atoms with E-state index in [0.29, 0.717) is 5.56 Å². The first kappa shape index (κ1) is 19.2. The van der Waals surface area contributed by atoms with E-state index in [2.05, 4.69) is 0 Å². The monoisotopic (exact) mass is 402 g/mol. The van der Waals surface area contributed by atoms with Crippen molar-refractivity contribution in [2.45, 2.75) is 18.7 Å². The SMILES string of the molecule is O=C1c2c(F)ccc(F)c2CCN1Cc1ccc(NS(=O)(=O)C(F)F)cc1. The van der Waals surface area contributed by atoms with Crippen LogP contribution in [0.5, 0.6) is 0 Å². The van der Waals surface area contributed by atoms with Crippen LogP contribution >= 0.6 is 0 Å². The van der Waals surface area contributed by atoms with Gasteiger partial charge in [-0.3, -0.25) is 9.52 Å². The summed E-state index contributed by atoms with van der Waals surface area (Å²) < 4.78 is 76.5. The number of rotatable bonds is 5. The van der Waals surface area contributed by atoms with Crippen molar-refractivity contribution in [3.05, 3.63) is 64.7 Å². The first-order chi connectivity index (χ1) is 12.7. The van der Waals surface area contributed by atoms with Crippen molar-refractivity contribution in [2.75, 3.05) is 11.3 Å². The van der Waals surface area contributed by atoms with Crippen LogP contribution in [0.15, 0.2) is 36.4 Å². The van der Waals surface area contributed by atoms with Crippen LogP contribution in [0.1, 0.15) is 21.5 Å². The number of hydrogen-bond acceptors (Lipinski definition) is 3. The van der Waals surface area contributed by atoms with E-state index < -0.39 is 33.3 Å². The molecule has 0 aromatic heterocycles. The molecule has 0 unspecified atom stereocenters. The fourth-order valence-electron chi connectivity index (χ4n) is 2.83. The quantitative estimate of drug-likeness (QED) is 0.782. The number of nitrogens with one attached hydrogen (secondary N) is 1. The van der Waals surface area contributed by atoms with Crippen molar-refractivity contribution < 1.29 is 30.8 Å². The molecule has 144 valence electrons. The molecule has 0 spiro atoms. The Bertz CT molecular complexity index is 978. The molecule has 10 heteroatoms. The summed E-state index contributed by atoms with van der Waals surface area (Å²) in [5.41, 5.74) is 0.279. The number of anilines is 1. The van der Waals surface area contributed by atoms with E-state index in [9.17, 15) is 30.8 Å². The molecule has 0 aliphatic carbocycles. The number of carbonyl (C=O) groups excluding carboxylic acids is 1. The number of nitrogens with zero attached hydrogens (tertiary/aromatic N) is 1. The Labute approximate surface area is 152 Å². The minimum absolute atomic E-state index is 0.0491. The Kier molecular flexibility index (Phi) is 5.09. The van der Waals surface area contributed by atoms with E-state index in [0.717, 1.165) is 12.1 Å². The second-order valence-electron chi connectivity index (χ2n) is 5.96. The number of alkyl halides is 2. The van der Waals surface area contributed by atoms with Crippen LogP contribution in [0.3, 0.4) is 0 Å². The average Bonchev–Trinajstić information content (AvgIpc) is 2.61. The highest BCUT2D eigenvalue weighted by Crippen LogP contribution is 2.26. The average molecular weight is 402 g/mol. The second kappa shape index (κ2) is 7.18. The third-order valence-corrected chi connectivity index (χ3v) is 5.15. The number of hydrogen-bond donors (Lipinski definition) is 1. The molecule has 0 fully saturated rings. The molecule has 5 nitrogen and oxygen atoms in total. The van der Waals surface area contributed by atoms with Gasteiger partial charge in [0.25, 0.3) is 15.9 Å². The normalized spacial score (nSPS) is 14.4. The van der Waals surface area contributed by atoms with Gasteiger partial charge >= 0.3 is 5.76 Å². The van der Waals surface area contributed by atoms with E-state index in [1.54, 1.807) is 4.72 Å². The Morgan fingerprint density at radius 3 is 2.30 bits per heavy atom. The van der Waals surface area contributed by atoms with Crippen LogP contribution in [0.25, 0.3) is 0 Å². The van der Waals surface area contributed by atoms with Crippen molar-refractivity contribution in [1.82, 2.24) is 4.90 Å². The number of benzene rings is 2. The second-order valence-corrected chi connectivity index (χ2v) is 7.61. The highest BCUT2D eigenvalue weighted by Gasteiger charge is 2.29. The lowest BCUT2D eigenvalue weighted by atomic mass is 9.97. The summed E-state index contributed by atoms with van der Waals surface area (Å²) in [5.74, 6) is -5.62. The fraction of sp³-hybridized carbons (Fsp3) is 0.235. The standard InChI is InChI=1S/C17H14F4N2O3S/c18-13-5-6-14(19)15-12(13)7-8-23(16(15)24)9-10-1-3-11(4-2-10)22-27(25,26)17(20)21/h1-6,17,22H,7-9H2. The summed E-state index contributed by atoms with van der Waals surface area (Å²) in [6, 6.07) is 7.34. The lowest BCUT2D eigenvalue weighted by Gasteiger charge is -2.29. The van der Waals surface area contributed by atoms with Crippen molar-refractivity contribution >= 4 is 21.6 Å². The fourth-order valence-corrected chi connectivity index (χ4v) is 3.39. The molecular formula is C17H14F4N2O3S. The first-order valence-corrected chi connectivity index (χ1v) is 9.38. The summed E-state index contributed by atoms with van der Waals surface area (Å²) in [6.45, 7) is 0.266. The molecule has 27 heavy (non-hydrogen) atoms. The van der Waals surface area contributed by atoms with E-state index in [4.69, 9.17) is 0 Å². The lowest BCUT2D eigenvalue weighted by Crippen LogP contribution is -2.38. The van der Waals surface area contributed by atoms with E-state index in [1.807, 2.05) is 0 Å². The molecule has 2 aromatic rings. The Hall–Kier alpha value is -2.62. The predicted molar refractivity (Wildman–Crippen MR) is 89.8 cm³/mol. The van der Waals surface area contributed by atoms with E-state index in [1.165, 1.54) is 29.2 Å². The Morgan fingerprint density at radius 1 is 1.04 bits per heavy atom. The van der Waals surface area contributed by atoms with Crippen LogP contribution in [-0.4, -0.2) is 31.5 Å². The predicted octanol–water partition coefficient (Wildman–Crippen LogP) is 3.13. The largest absolute Gasteiger partial charge is 0.355 e. The third kappa shape index (κ3) is 3.90. The third-order valence-electron chi connectivity index (χ3n) is 4.16. The maximum absolute atomic E-state index is 13.9. The number of sulfonamides is 1. The zero-order valence-corrected chi connectivity index (χ0v) is 14.6. The highest BCUT2D eigenvalue weighted by molar-refractivity contribution is 7.93. The molecule has 1 N–H and O–H groups in total. The summed E-state index contributed by atoms with van der Waals surface area (Å²) in [7, 11) is -4.77. The maximum atomic E-state index is 13.9. The summed E-state index contributed by atoms with van der Waals surface area (Å²) in [5, 5.41) is 0. The topological polar surface area (TPSA) is 66.5 Å². The highest BCUT2D eigenvalue weighted by atomic mass is 32.2. The summed E-state index contributed by atoms with van der Waals surface area (Å²) >= 11 is 0. The first-order valence-electron chi connectivity index (χ1n) is 7.84. The zero-order chi connectivity index (χ0) is 19.8. The molecule has 1 aliphatic heterocycles. The van der Waals surface area contributed by atoms with Gasteiger partial charge in [0.2, 0.25) is 0 Å². The Balaban J connectivity index is 1.75. The molecule has 1 heterocycles. The van der Waals surface area contributed by atoms with Gasteiger partial charge < -0.3 is 4.90 Å². The number of halogens is 4. The van der Waals surface area contributed by atoms with Gasteiger partial charge in [0, 0.05) is 24.3 Å². The summed E-state index contributed by atoms with van der Waals surface area (Å²) in [6.07, 6.45) is 0.164. The molecule has 0 saturated heterocycles. The molecule has 0 radical (unpaired) electrons. The smallest absolute Gasteiger partial charge is 0.334 e. The molecule has 1 amide bonds. The van der Waals surface area contributed by atoms with Gasteiger partial charge in [-0.1, -0.05) is 12.1 Å². The molecule has 3 rings (SSSR count). The van der Waals surface area contributed by atoms with Crippen LogP contribution in [0.4, 0.5) is 23.2 Å². The van der Waals surface area contributed by atoms with Gasteiger partial charge in [0.05, 0.1) is 5.56 Å². The summed E-state index contributed by atoms with van der Waals surface area (Å²) in [4.78, 5) is 13.8. The van der Waals surface area contributed by atoms with Crippen LogP contribution < -0.4 is 4.72 Å². The molecule has 0 saturated carbocycles. The van der Waals surface area contributed by atoms with Crippen molar-refractivity contribution in [3.63, 3.8) is 0 Å². The minimum Gasteiger partial charge on any atom is -0.334 e. The molecule has 0 bridgehead atoms. The van der Waals surface area contributed by atoms with Gasteiger partial charge in [-0.15, -0.1) is 0 Å². The minimum atomic E-state index is -4.77. The number of amides is 1. The molecule has 1 aliphatic rings. The van der Waals surface area contributed by atoms with Gasteiger partial charge in [0.1, 0.15) is 11.6 Å². The molecule has 2 aromatic carbocycles.